The van der Waals surface area contributed by atoms with Gasteiger partial charge in [-0.05, 0) is 66.9 Å². The average Bonchev–Trinajstić information content (AvgIpc) is 2.93. The molecule has 36 heavy (non-hydrogen) atoms. The summed E-state index contributed by atoms with van der Waals surface area (Å²) in [4.78, 5) is 4.94. The van der Waals surface area contributed by atoms with E-state index in [0.29, 0.717) is 6.61 Å². The van der Waals surface area contributed by atoms with Crippen LogP contribution in [0.25, 0.3) is 0 Å². The lowest BCUT2D eigenvalue weighted by Crippen LogP contribution is -2.47. The van der Waals surface area contributed by atoms with Crippen LogP contribution in [-0.4, -0.2) is 55.9 Å². The lowest BCUT2D eigenvalue weighted by molar-refractivity contribution is 0.201. The van der Waals surface area contributed by atoms with Crippen molar-refractivity contribution < 1.29 is 9.84 Å². The minimum Gasteiger partial charge on any atom is -0.491 e. The van der Waals surface area contributed by atoms with Gasteiger partial charge in [-0.3, -0.25) is 4.90 Å². The summed E-state index contributed by atoms with van der Waals surface area (Å²) in [5, 5.41) is 18.5. The number of aryl methyl sites for hydroxylation is 1. The molecule has 0 saturated carbocycles. The van der Waals surface area contributed by atoms with Crippen LogP contribution in [0.5, 0.6) is 5.75 Å². The Kier molecular flexibility index (Phi) is 13.5. The summed E-state index contributed by atoms with van der Waals surface area (Å²) in [5.74, 6) is 0.811. The maximum Gasteiger partial charge on any atom is 0.119 e. The number of ether oxygens (including phenoxy) is 1. The van der Waals surface area contributed by atoms with Crippen LogP contribution < -0.4 is 9.64 Å². The molecule has 0 aliphatic carbocycles. The van der Waals surface area contributed by atoms with Crippen LogP contribution in [0, 0.1) is 18.3 Å². The first-order chi connectivity index (χ1) is 17.6. The molecule has 1 aliphatic heterocycles. The van der Waals surface area contributed by atoms with Crippen molar-refractivity contribution in [2.45, 2.75) is 27.2 Å². The fourth-order valence-corrected chi connectivity index (χ4v) is 4.04. The molecule has 0 unspecified atom stereocenters. The monoisotopic (exact) mass is 507 g/mol. The Labute approximate surface area is 221 Å². The Balaban J connectivity index is 0.000000431. The molecule has 0 bridgehead atoms. The van der Waals surface area contributed by atoms with E-state index in [1.807, 2.05) is 68.4 Å². The van der Waals surface area contributed by atoms with E-state index in [1.165, 1.54) is 16.8 Å². The Bertz CT molecular complexity index is 1040. The Morgan fingerprint density at radius 1 is 0.944 bits per heavy atom. The number of hydrogen-bond acceptors (Lipinski definition) is 5. The number of anilines is 1. The highest BCUT2D eigenvalue weighted by molar-refractivity contribution is 6.30. The third kappa shape index (κ3) is 9.91. The van der Waals surface area contributed by atoms with E-state index in [0.717, 1.165) is 55.5 Å². The minimum absolute atomic E-state index is 0.0330. The number of aliphatic hydroxyl groups is 1. The van der Waals surface area contributed by atoms with Gasteiger partial charge in [0.2, 0.25) is 0 Å². The van der Waals surface area contributed by atoms with Gasteiger partial charge in [0, 0.05) is 43.4 Å². The predicted octanol–water partition coefficient (Wildman–Crippen LogP) is 5.97. The molecule has 0 aromatic heterocycles. The zero-order valence-corrected chi connectivity index (χ0v) is 22.4. The minimum atomic E-state index is 0.0330. The van der Waals surface area contributed by atoms with Crippen molar-refractivity contribution in [2.75, 3.05) is 50.8 Å². The number of benzene rings is 3. The van der Waals surface area contributed by atoms with Crippen LogP contribution in [0.3, 0.4) is 0 Å². The highest BCUT2D eigenvalue weighted by atomic mass is 35.5. The zero-order valence-electron chi connectivity index (χ0n) is 21.7. The van der Waals surface area contributed by atoms with Crippen LogP contribution >= 0.6 is 11.6 Å². The van der Waals surface area contributed by atoms with Gasteiger partial charge < -0.3 is 14.7 Å². The third-order valence-corrected chi connectivity index (χ3v) is 6.03. The summed E-state index contributed by atoms with van der Waals surface area (Å²) in [6, 6.07) is 25.6. The van der Waals surface area contributed by atoms with Crippen LogP contribution in [0.1, 0.15) is 30.5 Å². The normalized spacial score (nSPS) is 12.9. The van der Waals surface area contributed by atoms with Gasteiger partial charge in [-0.1, -0.05) is 55.8 Å². The summed E-state index contributed by atoms with van der Waals surface area (Å²) in [5.41, 5.74) is 4.47. The number of nitriles is 1. The smallest absolute Gasteiger partial charge is 0.119 e. The van der Waals surface area contributed by atoms with Crippen molar-refractivity contribution in [1.29, 1.82) is 5.26 Å². The fourth-order valence-electron chi connectivity index (χ4n) is 3.90. The van der Waals surface area contributed by atoms with Gasteiger partial charge in [-0.2, -0.15) is 5.26 Å². The predicted molar refractivity (Wildman–Crippen MR) is 150 cm³/mol. The molecule has 5 nitrogen and oxygen atoms in total. The quantitative estimate of drug-likeness (QED) is 0.427. The first kappa shape index (κ1) is 29.2. The van der Waals surface area contributed by atoms with Crippen molar-refractivity contribution >= 4 is 17.3 Å². The first-order valence-corrected chi connectivity index (χ1v) is 13.0. The topological polar surface area (TPSA) is 59.7 Å². The Hall–Kier alpha value is -3.04. The molecule has 1 N–H and O–H groups in total. The molecule has 1 aliphatic rings. The van der Waals surface area contributed by atoms with Crippen molar-refractivity contribution in [3.05, 3.63) is 94.5 Å². The molecule has 6 heteroatoms. The molecule has 3 aromatic carbocycles. The zero-order chi connectivity index (χ0) is 26.2. The number of halogens is 1. The molecule has 1 heterocycles. The molecule has 1 fully saturated rings. The summed E-state index contributed by atoms with van der Waals surface area (Å²) in [6.45, 7) is 11.7. The van der Waals surface area contributed by atoms with Gasteiger partial charge >= 0.3 is 0 Å². The number of nitrogens with zero attached hydrogens (tertiary/aromatic N) is 3. The lowest BCUT2D eigenvalue weighted by Gasteiger charge is -2.37. The van der Waals surface area contributed by atoms with Crippen molar-refractivity contribution in [3.8, 4) is 11.8 Å². The van der Waals surface area contributed by atoms with E-state index < -0.39 is 0 Å². The summed E-state index contributed by atoms with van der Waals surface area (Å²) < 4.78 is 5.49. The number of piperazine rings is 1. The molecular weight excluding hydrogens is 470 g/mol. The second-order valence-corrected chi connectivity index (χ2v) is 8.64. The van der Waals surface area contributed by atoms with E-state index in [4.69, 9.17) is 26.7 Å². The number of hydrogen-bond donors (Lipinski definition) is 1. The van der Waals surface area contributed by atoms with E-state index in [9.17, 15) is 0 Å². The summed E-state index contributed by atoms with van der Waals surface area (Å²) in [7, 11) is 0. The molecule has 0 atom stereocenters. The van der Waals surface area contributed by atoms with Crippen LogP contribution in [0.4, 0.5) is 5.69 Å². The molecule has 1 saturated heterocycles. The highest BCUT2D eigenvalue weighted by Gasteiger charge is 2.18. The SMILES string of the molecule is CC.Cc1cc(OCCO)ccc1N1CCN(CCc2ccc(C#N)cc2)CC1.Clc1ccccc1. The third-order valence-electron chi connectivity index (χ3n) is 5.77. The maximum absolute atomic E-state index is 8.87. The second kappa shape index (κ2) is 16.6. The summed E-state index contributed by atoms with van der Waals surface area (Å²) >= 11 is 5.54. The summed E-state index contributed by atoms with van der Waals surface area (Å²) in [6.07, 6.45) is 1.02. The second-order valence-electron chi connectivity index (χ2n) is 8.20. The molecule has 192 valence electrons. The average molecular weight is 508 g/mol. The highest BCUT2D eigenvalue weighted by Crippen LogP contribution is 2.26. The maximum atomic E-state index is 8.87. The van der Waals surface area contributed by atoms with Crippen molar-refractivity contribution in [2.24, 2.45) is 0 Å². The first-order valence-electron chi connectivity index (χ1n) is 12.6. The molecule has 3 aromatic rings. The van der Waals surface area contributed by atoms with Crippen LogP contribution in [0.2, 0.25) is 5.02 Å². The van der Waals surface area contributed by atoms with Gasteiger partial charge in [0.25, 0.3) is 0 Å². The van der Waals surface area contributed by atoms with Crippen LogP contribution in [0.15, 0.2) is 72.8 Å². The van der Waals surface area contributed by atoms with E-state index in [-0.39, 0.29) is 6.61 Å². The molecule has 4 rings (SSSR count). The van der Waals surface area contributed by atoms with Gasteiger partial charge in [0.15, 0.2) is 0 Å². The fraction of sp³-hybridized carbons (Fsp3) is 0.367. The Morgan fingerprint density at radius 3 is 2.14 bits per heavy atom. The van der Waals surface area contributed by atoms with E-state index in [2.05, 4.69) is 41.0 Å². The molecule has 0 spiro atoms. The van der Waals surface area contributed by atoms with Gasteiger partial charge in [0.05, 0.1) is 18.2 Å². The van der Waals surface area contributed by atoms with Crippen molar-refractivity contribution in [1.82, 2.24) is 4.90 Å². The van der Waals surface area contributed by atoms with E-state index in [1.54, 1.807) is 0 Å². The van der Waals surface area contributed by atoms with Crippen molar-refractivity contribution in [3.63, 3.8) is 0 Å². The number of aliphatic hydroxyl groups excluding tert-OH is 1. The lowest BCUT2D eigenvalue weighted by atomic mass is 10.1. The van der Waals surface area contributed by atoms with Crippen LogP contribution in [-0.2, 0) is 6.42 Å². The standard InChI is InChI=1S/C22H27N3O2.C6H5Cl.C2H6/c1-18-16-21(27-15-14-26)6-7-22(18)25-12-10-24(11-13-25)9-8-19-2-4-20(17-23)5-3-19;7-6-4-2-1-3-5-6;1-2/h2-7,16,26H,8-15H2,1H3;1-5H;1-2H3. The Morgan fingerprint density at radius 2 is 1.61 bits per heavy atom. The molecular formula is C30H38ClN3O2. The molecule has 0 amide bonds. The van der Waals surface area contributed by atoms with Gasteiger partial charge in [-0.15, -0.1) is 0 Å². The van der Waals surface area contributed by atoms with Gasteiger partial charge in [-0.25, -0.2) is 0 Å². The largest absolute Gasteiger partial charge is 0.491 e. The number of rotatable bonds is 7. The van der Waals surface area contributed by atoms with Gasteiger partial charge in [0.1, 0.15) is 12.4 Å². The molecule has 0 radical (unpaired) electrons. The van der Waals surface area contributed by atoms with E-state index >= 15 is 0 Å².